The third kappa shape index (κ3) is 4.33. The number of hydrogen-bond acceptors (Lipinski definition) is 5. The highest BCUT2D eigenvalue weighted by molar-refractivity contribution is 7.98. The van der Waals surface area contributed by atoms with Crippen molar-refractivity contribution in [3.63, 3.8) is 0 Å². The smallest absolute Gasteiger partial charge is 0.251 e. The zero-order valence-corrected chi connectivity index (χ0v) is 18.1. The largest absolute Gasteiger partial charge is 0.352 e. The number of hydrogen-bond donors (Lipinski definition) is 1. The van der Waals surface area contributed by atoms with E-state index in [9.17, 15) is 4.79 Å². The SMILES string of the molecule is O=C(NCCc1nnc2ccc(SCc3cccc4ccccc34)nn12)c1ccccc1. The molecule has 158 valence electrons. The lowest BCUT2D eigenvalue weighted by Gasteiger charge is -2.07. The minimum absolute atomic E-state index is 0.0984. The van der Waals surface area contributed by atoms with Crippen molar-refractivity contribution in [2.45, 2.75) is 17.2 Å². The number of rotatable bonds is 7. The van der Waals surface area contributed by atoms with Gasteiger partial charge in [0, 0.05) is 24.3 Å². The van der Waals surface area contributed by atoms with Crippen LogP contribution in [0, 0.1) is 0 Å². The van der Waals surface area contributed by atoms with E-state index in [2.05, 4.69) is 58.0 Å². The normalized spacial score (nSPS) is 11.1. The molecule has 0 saturated heterocycles. The quantitative estimate of drug-likeness (QED) is 0.377. The van der Waals surface area contributed by atoms with Gasteiger partial charge in [0.05, 0.1) is 0 Å². The van der Waals surface area contributed by atoms with E-state index in [-0.39, 0.29) is 5.91 Å². The number of carbonyl (C=O) groups excluding carboxylic acids is 1. The monoisotopic (exact) mass is 439 g/mol. The van der Waals surface area contributed by atoms with Crippen molar-refractivity contribution in [1.82, 2.24) is 25.1 Å². The average molecular weight is 440 g/mol. The Labute approximate surface area is 189 Å². The molecular formula is C25H21N5OS. The molecule has 0 spiro atoms. The van der Waals surface area contributed by atoms with Gasteiger partial charge in [0.15, 0.2) is 11.5 Å². The minimum atomic E-state index is -0.0984. The van der Waals surface area contributed by atoms with Crippen LogP contribution >= 0.6 is 11.8 Å². The van der Waals surface area contributed by atoms with Gasteiger partial charge in [-0.1, -0.05) is 72.4 Å². The van der Waals surface area contributed by atoms with E-state index in [1.165, 1.54) is 16.3 Å². The first kappa shape index (κ1) is 20.2. The lowest BCUT2D eigenvalue weighted by molar-refractivity contribution is 0.0954. The van der Waals surface area contributed by atoms with Crippen molar-refractivity contribution in [3.05, 3.63) is 102 Å². The number of nitrogens with zero attached hydrogens (tertiary/aromatic N) is 4. The zero-order chi connectivity index (χ0) is 21.8. The minimum Gasteiger partial charge on any atom is -0.352 e. The Balaban J connectivity index is 1.27. The van der Waals surface area contributed by atoms with Crippen LogP contribution < -0.4 is 5.32 Å². The summed E-state index contributed by atoms with van der Waals surface area (Å²) in [5.41, 5.74) is 2.62. The van der Waals surface area contributed by atoms with E-state index in [0.29, 0.717) is 24.2 Å². The third-order valence-electron chi connectivity index (χ3n) is 5.23. The molecule has 0 bridgehead atoms. The molecule has 0 aliphatic heterocycles. The molecule has 0 aliphatic rings. The van der Waals surface area contributed by atoms with Crippen LogP contribution in [0.1, 0.15) is 21.7 Å². The van der Waals surface area contributed by atoms with Gasteiger partial charge in [-0.05, 0) is 40.6 Å². The molecule has 0 radical (unpaired) electrons. The number of amides is 1. The topological polar surface area (TPSA) is 72.2 Å². The highest BCUT2D eigenvalue weighted by Crippen LogP contribution is 2.26. The molecule has 2 heterocycles. The Morgan fingerprint density at radius 1 is 0.875 bits per heavy atom. The summed E-state index contributed by atoms with van der Waals surface area (Å²) >= 11 is 1.68. The number of thioether (sulfide) groups is 1. The number of carbonyl (C=O) groups is 1. The summed E-state index contributed by atoms with van der Waals surface area (Å²) in [7, 11) is 0. The van der Waals surface area contributed by atoms with Crippen LogP contribution in [0.2, 0.25) is 0 Å². The first-order chi connectivity index (χ1) is 15.8. The molecule has 3 aromatic carbocycles. The van der Waals surface area contributed by atoms with E-state index >= 15 is 0 Å². The van der Waals surface area contributed by atoms with E-state index < -0.39 is 0 Å². The van der Waals surface area contributed by atoms with Crippen LogP contribution in [0.4, 0.5) is 0 Å². The molecule has 2 aromatic heterocycles. The van der Waals surface area contributed by atoms with Gasteiger partial charge in [-0.15, -0.1) is 10.2 Å². The Kier molecular flexibility index (Phi) is 5.81. The summed E-state index contributed by atoms with van der Waals surface area (Å²) in [6, 6.07) is 27.9. The predicted molar refractivity (Wildman–Crippen MR) is 127 cm³/mol. The molecular weight excluding hydrogens is 418 g/mol. The lowest BCUT2D eigenvalue weighted by atomic mass is 10.1. The summed E-state index contributed by atoms with van der Waals surface area (Å²) in [6.07, 6.45) is 0.546. The zero-order valence-electron chi connectivity index (χ0n) is 17.3. The van der Waals surface area contributed by atoms with Crippen LogP contribution in [-0.2, 0) is 12.2 Å². The van der Waals surface area contributed by atoms with E-state index in [1.54, 1.807) is 28.4 Å². The highest BCUT2D eigenvalue weighted by atomic mass is 32.2. The molecule has 32 heavy (non-hydrogen) atoms. The molecule has 5 aromatic rings. The van der Waals surface area contributed by atoms with Crippen LogP contribution in [0.3, 0.4) is 0 Å². The van der Waals surface area contributed by atoms with Gasteiger partial charge in [0.25, 0.3) is 5.91 Å². The van der Waals surface area contributed by atoms with E-state index in [1.807, 2.05) is 30.3 Å². The predicted octanol–water partition coefficient (Wildman–Crippen LogP) is 4.54. The molecule has 0 saturated carbocycles. The highest BCUT2D eigenvalue weighted by Gasteiger charge is 2.10. The number of nitrogens with one attached hydrogen (secondary N) is 1. The fourth-order valence-corrected chi connectivity index (χ4v) is 4.46. The Morgan fingerprint density at radius 2 is 1.69 bits per heavy atom. The second kappa shape index (κ2) is 9.20. The summed E-state index contributed by atoms with van der Waals surface area (Å²) in [5.74, 6) is 1.45. The van der Waals surface area contributed by atoms with Gasteiger partial charge in [-0.25, -0.2) is 0 Å². The number of benzene rings is 3. The van der Waals surface area contributed by atoms with E-state index in [4.69, 9.17) is 5.10 Å². The molecule has 6 nitrogen and oxygen atoms in total. The standard InChI is InChI=1S/C25H21N5OS/c31-25(19-8-2-1-3-9-19)26-16-15-23-28-27-22-13-14-24(29-30(22)23)32-17-20-11-6-10-18-7-4-5-12-21(18)20/h1-14H,15-17H2,(H,26,31). The summed E-state index contributed by atoms with van der Waals surface area (Å²) in [4.78, 5) is 12.2. The van der Waals surface area contributed by atoms with Crippen LogP contribution in [0.15, 0.2) is 90.0 Å². The maximum Gasteiger partial charge on any atom is 0.251 e. The van der Waals surface area contributed by atoms with Crippen molar-refractivity contribution in [1.29, 1.82) is 0 Å². The van der Waals surface area contributed by atoms with Crippen LogP contribution in [-0.4, -0.2) is 32.3 Å². The second-order valence-corrected chi connectivity index (χ2v) is 8.35. The fraction of sp³-hybridized carbons (Fsp3) is 0.120. The Morgan fingerprint density at radius 3 is 2.59 bits per heavy atom. The maximum atomic E-state index is 12.2. The fourth-order valence-electron chi connectivity index (χ4n) is 3.60. The first-order valence-electron chi connectivity index (χ1n) is 10.4. The first-order valence-corrected chi connectivity index (χ1v) is 11.4. The van der Waals surface area contributed by atoms with Crippen molar-refractivity contribution in [2.75, 3.05) is 6.54 Å². The van der Waals surface area contributed by atoms with Gasteiger partial charge >= 0.3 is 0 Å². The molecule has 0 fully saturated rings. The molecule has 0 aliphatic carbocycles. The van der Waals surface area contributed by atoms with Crippen LogP contribution in [0.5, 0.6) is 0 Å². The average Bonchev–Trinajstić information content (AvgIpc) is 3.25. The van der Waals surface area contributed by atoms with Gasteiger partial charge in [-0.2, -0.15) is 9.61 Å². The lowest BCUT2D eigenvalue weighted by Crippen LogP contribution is -2.26. The molecule has 1 N–H and O–H groups in total. The van der Waals surface area contributed by atoms with Crippen LogP contribution in [0.25, 0.3) is 16.4 Å². The summed E-state index contributed by atoms with van der Waals surface area (Å²) in [5, 5.41) is 19.5. The van der Waals surface area contributed by atoms with Gasteiger partial charge < -0.3 is 5.32 Å². The molecule has 1 amide bonds. The van der Waals surface area contributed by atoms with Gasteiger partial charge in [0.2, 0.25) is 0 Å². The molecule has 5 rings (SSSR count). The molecule has 0 atom stereocenters. The summed E-state index contributed by atoms with van der Waals surface area (Å²) < 4.78 is 1.76. The van der Waals surface area contributed by atoms with Crippen molar-refractivity contribution in [3.8, 4) is 0 Å². The second-order valence-electron chi connectivity index (χ2n) is 7.36. The van der Waals surface area contributed by atoms with Crippen molar-refractivity contribution >= 4 is 34.1 Å². The Hall–Kier alpha value is -3.71. The summed E-state index contributed by atoms with van der Waals surface area (Å²) in [6.45, 7) is 0.462. The molecule has 0 unspecified atom stereocenters. The Bertz CT molecular complexity index is 1380. The van der Waals surface area contributed by atoms with E-state index in [0.717, 1.165) is 16.6 Å². The molecule has 7 heteroatoms. The number of aromatic nitrogens is 4. The van der Waals surface area contributed by atoms with Crippen molar-refractivity contribution in [2.24, 2.45) is 0 Å². The van der Waals surface area contributed by atoms with Gasteiger partial charge in [0.1, 0.15) is 5.03 Å². The maximum absolute atomic E-state index is 12.2. The third-order valence-corrected chi connectivity index (χ3v) is 6.20. The van der Waals surface area contributed by atoms with Gasteiger partial charge in [-0.3, -0.25) is 4.79 Å². The van der Waals surface area contributed by atoms with Crippen molar-refractivity contribution < 1.29 is 4.79 Å². The number of fused-ring (bicyclic) bond motifs is 2.